The van der Waals surface area contributed by atoms with Gasteiger partial charge in [0.1, 0.15) is 17.2 Å². The van der Waals surface area contributed by atoms with Gasteiger partial charge in [-0.05, 0) is 70.9 Å². The van der Waals surface area contributed by atoms with Crippen LogP contribution in [0.25, 0.3) is 11.3 Å². The molecule has 1 aromatic heterocycles. The monoisotopic (exact) mass is 515 g/mol. The first kappa shape index (κ1) is 23.5. The summed E-state index contributed by atoms with van der Waals surface area (Å²) in [4.78, 5) is 15.4. The van der Waals surface area contributed by atoms with E-state index in [1.54, 1.807) is 25.1 Å². The quantitative estimate of drug-likeness (QED) is 0.369. The lowest BCUT2D eigenvalue weighted by Crippen LogP contribution is -2.16. The molecule has 11 heteroatoms. The highest BCUT2D eigenvalue weighted by molar-refractivity contribution is 9.10. The van der Waals surface area contributed by atoms with Crippen LogP contribution in [-0.4, -0.2) is 31.0 Å². The average Bonchev–Trinajstić information content (AvgIpc) is 3.11. The molecule has 0 amide bonds. The third-order valence-electron chi connectivity index (χ3n) is 4.06. The van der Waals surface area contributed by atoms with Crippen LogP contribution in [0.15, 0.2) is 51.5 Å². The number of rotatable bonds is 8. The van der Waals surface area contributed by atoms with E-state index in [4.69, 9.17) is 13.9 Å². The first-order valence-electron chi connectivity index (χ1n) is 9.09. The number of aryl methyl sites for hydroxylation is 1. The number of esters is 1. The highest BCUT2D eigenvalue weighted by Crippen LogP contribution is 2.32. The molecule has 0 atom stereocenters. The minimum Gasteiger partial charge on any atom is -0.484 e. The van der Waals surface area contributed by atoms with Gasteiger partial charge < -0.3 is 23.4 Å². The molecular weight excluding hydrogens is 499 g/mol. The zero-order chi connectivity index (χ0) is 23.3. The normalized spacial score (nSPS) is 11.2. The van der Waals surface area contributed by atoms with Gasteiger partial charge in [0.25, 0.3) is 0 Å². The second-order valence-electron chi connectivity index (χ2n) is 6.38. The van der Waals surface area contributed by atoms with E-state index in [9.17, 15) is 18.0 Å². The number of carbonyl (C=O) groups excluding carboxylic acids is 1. The number of aromatic nitrogens is 1. The largest absolute Gasteiger partial charge is 0.573 e. The lowest BCUT2D eigenvalue weighted by atomic mass is 10.2. The van der Waals surface area contributed by atoms with Crippen LogP contribution in [-0.2, 0) is 16.1 Å². The van der Waals surface area contributed by atoms with Crippen LogP contribution < -0.4 is 14.2 Å². The van der Waals surface area contributed by atoms with Crippen LogP contribution in [0.3, 0.4) is 0 Å². The van der Waals surface area contributed by atoms with Crippen LogP contribution in [0.4, 0.5) is 13.2 Å². The van der Waals surface area contributed by atoms with E-state index in [1.165, 1.54) is 31.4 Å². The molecule has 0 N–H and O–H groups in total. The number of oxazole rings is 1. The van der Waals surface area contributed by atoms with Gasteiger partial charge in [-0.1, -0.05) is 0 Å². The van der Waals surface area contributed by atoms with Crippen LogP contribution in [0, 0.1) is 6.92 Å². The van der Waals surface area contributed by atoms with Gasteiger partial charge in [0.2, 0.25) is 5.89 Å². The summed E-state index contributed by atoms with van der Waals surface area (Å²) in [7, 11) is 1.28. The Morgan fingerprint density at radius 1 is 1.09 bits per heavy atom. The second kappa shape index (κ2) is 9.94. The van der Waals surface area contributed by atoms with Crippen molar-refractivity contribution in [2.24, 2.45) is 0 Å². The highest BCUT2D eigenvalue weighted by Gasteiger charge is 2.31. The molecule has 0 bridgehead atoms. The van der Waals surface area contributed by atoms with Crippen molar-refractivity contribution in [1.29, 1.82) is 0 Å². The maximum Gasteiger partial charge on any atom is 0.573 e. The number of ether oxygens (including phenoxy) is 4. The number of nitrogens with zero attached hydrogens (tertiary/aromatic N) is 1. The molecule has 0 saturated heterocycles. The van der Waals surface area contributed by atoms with Crippen molar-refractivity contribution in [2.75, 3.05) is 13.7 Å². The molecule has 0 fully saturated rings. The average molecular weight is 516 g/mol. The van der Waals surface area contributed by atoms with Gasteiger partial charge in [0.05, 0.1) is 7.11 Å². The third-order valence-corrected chi connectivity index (χ3v) is 4.60. The van der Waals surface area contributed by atoms with Crippen molar-refractivity contribution in [3.05, 3.63) is 58.5 Å². The smallest absolute Gasteiger partial charge is 0.484 e. The Bertz CT molecular complexity index is 1080. The van der Waals surface area contributed by atoms with Crippen LogP contribution in [0.2, 0.25) is 0 Å². The molecule has 0 saturated carbocycles. The van der Waals surface area contributed by atoms with E-state index in [0.29, 0.717) is 27.4 Å². The van der Waals surface area contributed by atoms with Gasteiger partial charge in [-0.25, -0.2) is 9.78 Å². The van der Waals surface area contributed by atoms with Gasteiger partial charge in [-0.15, -0.1) is 13.2 Å². The van der Waals surface area contributed by atoms with E-state index < -0.39 is 12.3 Å². The molecule has 0 aliphatic carbocycles. The summed E-state index contributed by atoms with van der Waals surface area (Å²) in [6, 6.07) is 10.3. The van der Waals surface area contributed by atoms with E-state index in [1.807, 2.05) is 0 Å². The van der Waals surface area contributed by atoms with E-state index in [0.717, 1.165) is 5.56 Å². The van der Waals surface area contributed by atoms with E-state index in [-0.39, 0.29) is 24.9 Å². The number of methoxy groups -OCH3 is 1. The molecule has 0 aliphatic rings. The Kier molecular flexibility index (Phi) is 7.29. The Morgan fingerprint density at radius 3 is 2.41 bits per heavy atom. The molecule has 32 heavy (non-hydrogen) atoms. The zero-order valence-electron chi connectivity index (χ0n) is 16.9. The van der Waals surface area contributed by atoms with Crippen molar-refractivity contribution < 1.29 is 41.3 Å². The molecule has 7 nitrogen and oxygen atoms in total. The molecule has 0 aliphatic heterocycles. The van der Waals surface area contributed by atoms with Crippen LogP contribution >= 0.6 is 15.9 Å². The van der Waals surface area contributed by atoms with Gasteiger partial charge in [0, 0.05) is 5.56 Å². The van der Waals surface area contributed by atoms with Crippen LogP contribution in [0.5, 0.6) is 17.2 Å². The van der Waals surface area contributed by atoms with E-state index in [2.05, 4.69) is 30.4 Å². The first-order valence-corrected chi connectivity index (χ1v) is 9.88. The second-order valence-corrected chi connectivity index (χ2v) is 7.13. The zero-order valence-corrected chi connectivity index (χ0v) is 18.5. The van der Waals surface area contributed by atoms with E-state index >= 15 is 0 Å². The predicted octanol–water partition coefficient (Wildman–Crippen LogP) is 5.44. The summed E-state index contributed by atoms with van der Waals surface area (Å²) < 4.78 is 62.4. The Morgan fingerprint density at radius 2 is 1.78 bits per heavy atom. The number of halogens is 4. The molecule has 0 unspecified atom stereocenters. The molecule has 170 valence electrons. The van der Waals surface area contributed by atoms with Gasteiger partial charge >= 0.3 is 12.3 Å². The maximum atomic E-state index is 12.3. The fourth-order valence-electron chi connectivity index (χ4n) is 2.61. The van der Waals surface area contributed by atoms with Gasteiger partial charge in [-0.3, -0.25) is 0 Å². The lowest BCUT2D eigenvalue weighted by molar-refractivity contribution is -0.274. The number of hydrogen-bond donors (Lipinski definition) is 0. The fourth-order valence-corrected chi connectivity index (χ4v) is 3.11. The first-order chi connectivity index (χ1) is 15.1. The minimum absolute atomic E-state index is 0.00960. The summed E-state index contributed by atoms with van der Waals surface area (Å²) >= 11 is 3.28. The van der Waals surface area contributed by atoms with Crippen molar-refractivity contribution >= 4 is 21.9 Å². The summed E-state index contributed by atoms with van der Waals surface area (Å²) in [5.41, 5.74) is 1.26. The maximum absolute atomic E-state index is 12.3. The van der Waals surface area contributed by atoms with Crippen molar-refractivity contribution in [3.8, 4) is 28.6 Å². The standard InChI is InChI=1S/C21H17BrF3NO6/c1-12-9-15(7-8-16(12)30-11-18(27)28-2)29-10-17-26-20(22)19(31-17)13-3-5-14(6-4-13)32-21(23,24)25/h3-9H,10-11H2,1-2H3. The molecule has 2 aromatic carbocycles. The molecule has 3 aromatic rings. The Labute approximate surface area is 189 Å². The minimum atomic E-state index is -4.76. The Hall–Kier alpha value is -3.21. The van der Waals surface area contributed by atoms with Crippen molar-refractivity contribution in [2.45, 2.75) is 19.9 Å². The third kappa shape index (κ3) is 6.39. The number of benzene rings is 2. The van der Waals surface area contributed by atoms with Gasteiger partial charge in [0.15, 0.2) is 23.6 Å². The summed E-state index contributed by atoms with van der Waals surface area (Å²) in [5, 5.41) is 0. The summed E-state index contributed by atoms with van der Waals surface area (Å²) in [6.07, 6.45) is -4.76. The molecule has 1 heterocycles. The summed E-state index contributed by atoms with van der Waals surface area (Å²) in [6.45, 7) is 1.61. The number of carbonyl (C=O) groups is 1. The van der Waals surface area contributed by atoms with Crippen molar-refractivity contribution in [3.63, 3.8) is 0 Å². The van der Waals surface area contributed by atoms with Gasteiger partial charge in [-0.2, -0.15) is 0 Å². The molecular formula is C21H17BrF3NO6. The predicted molar refractivity (Wildman–Crippen MR) is 109 cm³/mol. The topological polar surface area (TPSA) is 80.0 Å². The highest BCUT2D eigenvalue weighted by atomic mass is 79.9. The number of alkyl halides is 3. The Balaban J connectivity index is 1.63. The SMILES string of the molecule is COC(=O)COc1ccc(OCc2nc(Br)c(-c3ccc(OC(F)(F)F)cc3)o2)cc1C. The molecule has 0 radical (unpaired) electrons. The lowest BCUT2D eigenvalue weighted by Gasteiger charge is -2.10. The molecule has 3 rings (SSSR count). The molecule has 0 spiro atoms. The van der Waals surface area contributed by atoms with Crippen molar-refractivity contribution in [1.82, 2.24) is 4.98 Å². The van der Waals surface area contributed by atoms with Crippen LogP contribution in [0.1, 0.15) is 11.5 Å². The number of hydrogen-bond acceptors (Lipinski definition) is 7. The fraction of sp³-hybridized carbons (Fsp3) is 0.238. The summed E-state index contributed by atoms with van der Waals surface area (Å²) in [5.74, 6) is 0.808.